The number of nitrogens with one attached hydrogen (secondary N) is 1. The molecule has 2 amide bonds. The van der Waals surface area contributed by atoms with E-state index in [1.807, 2.05) is 18.2 Å². The Balaban J connectivity index is 2.95. The standard InChI is InChI=1S/C18H24N2O2/c1-6-12-20(13-7-2)17(22)16(21)19-15-11-9-8-10-14(15)18(3,4)5/h6-11H,1-2,12-13H2,3-5H3,(H,19,21). The van der Waals surface area contributed by atoms with Crippen LogP contribution in [0.1, 0.15) is 26.3 Å². The first-order chi connectivity index (χ1) is 10.3. The van der Waals surface area contributed by atoms with Crippen molar-refractivity contribution < 1.29 is 9.59 Å². The first-order valence-corrected chi connectivity index (χ1v) is 7.22. The minimum absolute atomic E-state index is 0.130. The average molecular weight is 300 g/mol. The minimum Gasteiger partial charge on any atom is -0.327 e. The van der Waals surface area contributed by atoms with E-state index >= 15 is 0 Å². The number of carbonyl (C=O) groups excluding carboxylic acids is 2. The lowest BCUT2D eigenvalue weighted by atomic mass is 9.86. The van der Waals surface area contributed by atoms with Gasteiger partial charge in [-0.25, -0.2) is 0 Å². The third-order valence-corrected chi connectivity index (χ3v) is 3.16. The number of amides is 2. The Kier molecular flexibility index (Phi) is 6.11. The van der Waals surface area contributed by atoms with E-state index in [2.05, 4.69) is 39.2 Å². The Morgan fingerprint density at radius 3 is 2.18 bits per heavy atom. The van der Waals surface area contributed by atoms with Crippen LogP contribution in [-0.2, 0) is 15.0 Å². The topological polar surface area (TPSA) is 49.4 Å². The molecular weight excluding hydrogens is 276 g/mol. The Morgan fingerprint density at radius 2 is 1.68 bits per heavy atom. The van der Waals surface area contributed by atoms with Gasteiger partial charge in [0.1, 0.15) is 0 Å². The summed E-state index contributed by atoms with van der Waals surface area (Å²) in [5.74, 6) is -1.25. The van der Waals surface area contributed by atoms with Gasteiger partial charge in [-0.3, -0.25) is 9.59 Å². The maximum Gasteiger partial charge on any atom is 0.313 e. The molecule has 4 heteroatoms. The number of benzene rings is 1. The predicted octanol–water partition coefficient (Wildman–Crippen LogP) is 3.12. The van der Waals surface area contributed by atoms with Crippen LogP contribution < -0.4 is 5.32 Å². The molecule has 0 atom stereocenters. The largest absolute Gasteiger partial charge is 0.327 e. The zero-order chi connectivity index (χ0) is 16.8. The van der Waals surface area contributed by atoms with E-state index in [1.165, 1.54) is 4.90 Å². The van der Waals surface area contributed by atoms with Gasteiger partial charge in [-0.1, -0.05) is 51.1 Å². The van der Waals surface area contributed by atoms with Gasteiger partial charge in [0.05, 0.1) is 0 Å². The van der Waals surface area contributed by atoms with E-state index in [-0.39, 0.29) is 5.41 Å². The zero-order valence-corrected chi connectivity index (χ0v) is 13.6. The number of nitrogens with zero attached hydrogens (tertiary/aromatic N) is 1. The molecule has 118 valence electrons. The fraction of sp³-hybridized carbons (Fsp3) is 0.333. The lowest BCUT2D eigenvalue weighted by Crippen LogP contribution is -2.40. The first-order valence-electron chi connectivity index (χ1n) is 7.22. The van der Waals surface area contributed by atoms with Gasteiger partial charge in [-0.05, 0) is 17.0 Å². The number of carbonyl (C=O) groups is 2. The number of hydrogen-bond acceptors (Lipinski definition) is 2. The Hall–Kier alpha value is -2.36. The molecule has 1 rings (SSSR count). The molecule has 0 saturated carbocycles. The molecule has 0 aliphatic heterocycles. The minimum atomic E-state index is -0.652. The highest BCUT2D eigenvalue weighted by Gasteiger charge is 2.23. The Morgan fingerprint density at radius 1 is 1.14 bits per heavy atom. The molecule has 4 nitrogen and oxygen atoms in total. The van der Waals surface area contributed by atoms with Gasteiger partial charge in [-0.15, -0.1) is 13.2 Å². The smallest absolute Gasteiger partial charge is 0.313 e. The fourth-order valence-corrected chi connectivity index (χ4v) is 2.12. The predicted molar refractivity (Wildman–Crippen MR) is 90.7 cm³/mol. The van der Waals surface area contributed by atoms with E-state index in [1.54, 1.807) is 18.2 Å². The van der Waals surface area contributed by atoms with Gasteiger partial charge >= 0.3 is 11.8 Å². The maximum atomic E-state index is 12.2. The number of hydrogen-bond donors (Lipinski definition) is 1. The van der Waals surface area contributed by atoms with Crippen molar-refractivity contribution in [2.75, 3.05) is 18.4 Å². The molecule has 0 radical (unpaired) electrons. The van der Waals surface area contributed by atoms with Gasteiger partial charge in [0.2, 0.25) is 0 Å². The van der Waals surface area contributed by atoms with Gasteiger partial charge < -0.3 is 10.2 Å². The molecule has 1 aromatic carbocycles. The SMILES string of the molecule is C=CCN(CC=C)C(=O)C(=O)Nc1ccccc1C(C)(C)C. The molecule has 0 bridgehead atoms. The lowest BCUT2D eigenvalue weighted by Gasteiger charge is -2.24. The Bertz CT molecular complexity index is 561. The van der Waals surface area contributed by atoms with Crippen LogP contribution in [0.25, 0.3) is 0 Å². The number of anilines is 1. The van der Waals surface area contributed by atoms with E-state index < -0.39 is 11.8 Å². The van der Waals surface area contributed by atoms with Crippen molar-refractivity contribution in [3.63, 3.8) is 0 Å². The summed E-state index contributed by atoms with van der Waals surface area (Å²) in [6.45, 7) is 14.0. The molecule has 0 fully saturated rings. The molecule has 0 aliphatic carbocycles. The molecule has 0 saturated heterocycles. The van der Waals surface area contributed by atoms with Crippen molar-refractivity contribution in [1.29, 1.82) is 0 Å². The van der Waals surface area contributed by atoms with E-state index in [0.717, 1.165) is 5.56 Å². The summed E-state index contributed by atoms with van der Waals surface area (Å²) in [6.07, 6.45) is 3.16. The highest BCUT2D eigenvalue weighted by molar-refractivity contribution is 6.39. The Labute approximate surface area is 132 Å². The summed E-state index contributed by atoms with van der Waals surface area (Å²) in [7, 11) is 0. The summed E-state index contributed by atoms with van der Waals surface area (Å²) in [6, 6.07) is 7.50. The maximum absolute atomic E-state index is 12.2. The summed E-state index contributed by atoms with van der Waals surface area (Å²) in [4.78, 5) is 25.8. The van der Waals surface area contributed by atoms with Crippen LogP contribution in [0.2, 0.25) is 0 Å². The van der Waals surface area contributed by atoms with Crippen LogP contribution in [0.5, 0.6) is 0 Å². The van der Waals surface area contributed by atoms with Crippen molar-refractivity contribution in [1.82, 2.24) is 4.90 Å². The van der Waals surface area contributed by atoms with Crippen LogP contribution in [0.4, 0.5) is 5.69 Å². The molecule has 0 unspecified atom stereocenters. The number of rotatable bonds is 5. The van der Waals surface area contributed by atoms with Crippen LogP contribution in [0.15, 0.2) is 49.6 Å². The van der Waals surface area contributed by atoms with E-state index in [9.17, 15) is 9.59 Å². The molecule has 0 spiro atoms. The quantitative estimate of drug-likeness (QED) is 0.671. The van der Waals surface area contributed by atoms with E-state index in [4.69, 9.17) is 0 Å². The van der Waals surface area contributed by atoms with Crippen LogP contribution in [0.3, 0.4) is 0 Å². The van der Waals surface area contributed by atoms with Gasteiger partial charge in [0.25, 0.3) is 0 Å². The zero-order valence-electron chi connectivity index (χ0n) is 13.6. The van der Waals surface area contributed by atoms with Gasteiger partial charge in [0, 0.05) is 18.8 Å². The summed E-state index contributed by atoms with van der Waals surface area (Å²) >= 11 is 0. The van der Waals surface area contributed by atoms with Crippen LogP contribution >= 0.6 is 0 Å². The second-order valence-electron chi connectivity index (χ2n) is 6.04. The second kappa shape index (κ2) is 7.59. The highest BCUT2D eigenvalue weighted by atomic mass is 16.2. The van der Waals surface area contributed by atoms with Crippen LogP contribution in [-0.4, -0.2) is 29.8 Å². The van der Waals surface area contributed by atoms with Crippen LogP contribution in [0, 0.1) is 0 Å². The summed E-state index contributed by atoms with van der Waals surface area (Å²) in [5.41, 5.74) is 1.51. The van der Waals surface area contributed by atoms with Gasteiger partial charge in [0.15, 0.2) is 0 Å². The molecule has 1 aromatic rings. The van der Waals surface area contributed by atoms with Crippen molar-refractivity contribution >= 4 is 17.5 Å². The third-order valence-electron chi connectivity index (χ3n) is 3.16. The molecular formula is C18H24N2O2. The molecule has 22 heavy (non-hydrogen) atoms. The van der Waals surface area contributed by atoms with E-state index in [0.29, 0.717) is 18.8 Å². The van der Waals surface area contributed by atoms with Gasteiger partial charge in [-0.2, -0.15) is 0 Å². The van der Waals surface area contributed by atoms with Crippen molar-refractivity contribution in [3.8, 4) is 0 Å². The normalized spacial score (nSPS) is 10.7. The summed E-state index contributed by atoms with van der Waals surface area (Å²) in [5, 5.41) is 2.72. The van der Waals surface area contributed by atoms with Crippen molar-refractivity contribution in [2.45, 2.75) is 26.2 Å². The first kappa shape index (κ1) is 17.7. The molecule has 0 heterocycles. The lowest BCUT2D eigenvalue weighted by molar-refractivity contribution is -0.142. The molecule has 0 aliphatic rings. The fourth-order valence-electron chi connectivity index (χ4n) is 2.12. The van der Waals surface area contributed by atoms with Crippen molar-refractivity contribution in [2.24, 2.45) is 0 Å². The molecule has 1 N–H and O–H groups in total. The monoisotopic (exact) mass is 300 g/mol. The third kappa shape index (κ3) is 4.58. The molecule has 0 aromatic heterocycles. The number of para-hydroxylation sites is 1. The summed E-state index contributed by atoms with van der Waals surface area (Å²) < 4.78 is 0. The van der Waals surface area contributed by atoms with Crippen molar-refractivity contribution in [3.05, 3.63) is 55.1 Å². The average Bonchev–Trinajstić information content (AvgIpc) is 2.45. The highest BCUT2D eigenvalue weighted by Crippen LogP contribution is 2.29. The second-order valence-corrected chi connectivity index (χ2v) is 6.04.